The zero-order valence-corrected chi connectivity index (χ0v) is 12.6. The fourth-order valence-electron chi connectivity index (χ4n) is 1.83. The molecule has 1 aromatic carbocycles. The van der Waals surface area contributed by atoms with E-state index in [0.29, 0.717) is 19.0 Å². The molecule has 0 aliphatic heterocycles. The van der Waals surface area contributed by atoms with Crippen molar-refractivity contribution in [2.24, 2.45) is 0 Å². The molecule has 110 valence electrons. The number of nitrogens with one attached hydrogen (secondary N) is 1. The average Bonchev–Trinajstić information content (AvgIpc) is 2.47. The number of hydrogen-bond donors (Lipinski definition) is 1. The lowest BCUT2D eigenvalue weighted by atomic mass is 10.1. The van der Waals surface area contributed by atoms with Gasteiger partial charge in [0, 0.05) is 0 Å². The van der Waals surface area contributed by atoms with Crippen LogP contribution in [0, 0.1) is 11.3 Å². The molecule has 1 rings (SSSR count). The second kappa shape index (κ2) is 9.22. The maximum absolute atomic E-state index is 9.25. The topological polar surface area (TPSA) is 54.3 Å². The highest BCUT2D eigenvalue weighted by Gasteiger charge is 2.13. The summed E-state index contributed by atoms with van der Waals surface area (Å²) in [6, 6.07) is 7.66. The lowest BCUT2D eigenvalue weighted by Gasteiger charge is -2.16. The van der Waals surface area contributed by atoms with E-state index in [1.165, 1.54) is 0 Å². The van der Waals surface area contributed by atoms with Crippen LogP contribution >= 0.6 is 0 Å². The molecule has 1 unspecified atom stereocenters. The van der Waals surface area contributed by atoms with Crippen LogP contribution in [0.3, 0.4) is 0 Å². The molecule has 0 radical (unpaired) electrons. The van der Waals surface area contributed by atoms with E-state index in [-0.39, 0.29) is 6.04 Å². The summed E-state index contributed by atoms with van der Waals surface area (Å²) in [5, 5.41) is 12.5. The van der Waals surface area contributed by atoms with Crippen LogP contribution in [0.1, 0.15) is 45.2 Å². The molecule has 4 heteroatoms. The molecule has 1 atom stereocenters. The number of ether oxygens (including phenoxy) is 2. The van der Waals surface area contributed by atoms with Crippen LogP contribution in [-0.2, 0) is 0 Å². The van der Waals surface area contributed by atoms with E-state index < -0.39 is 0 Å². The van der Waals surface area contributed by atoms with Crippen molar-refractivity contribution < 1.29 is 9.47 Å². The van der Waals surface area contributed by atoms with Gasteiger partial charge in [-0.15, -0.1) is 0 Å². The second-order valence-electron chi connectivity index (χ2n) is 4.50. The normalized spacial score (nSPS) is 11.7. The fourth-order valence-corrected chi connectivity index (χ4v) is 1.83. The van der Waals surface area contributed by atoms with Crippen LogP contribution in [0.5, 0.6) is 11.5 Å². The minimum Gasteiger partial charge on any atom is -0.490 e. The lowest BCUT2D eigenvalue weighted by molar-refractivity contribution is 0.276. The molecule has 0 aliphatic carbocycles. The van der Waals surface area contributed by atoms with E-state index in [2.05, 4.69) is 25.2 Å². The number of hydrogen-bond acceptors (Lipinski definition) is 4. The molecule has 0 bridgehead atoms. The summed E-state index contributed by atoms with van der Waals surface area (Å²) in [5.74, 6) is 1.45. The molecule has 0 saturated heterocycles. The summed E-state index contributed by atoms with van der Waals surface area (Å²) >= 11 is 0. The number of nitrogens with zero attached hydrogens (tertiary/aromatic N) is 1. The van der Waals surface area contributed by atoms with Gasteiger partial charge in [0.25, 0.3) is 0 Å². The van der Waals surface area contributed by atoms with E-state index in [1.807, 2.05) is 25.1 Å². The van der Waals surface area contributed by atoms with Gasteiger partial charge >= 0.3 is 0 Å². The van der Waals surface area contributed by atoms with Gasteiger partial charge in [-0.05, 0) is 44.0 Å². The van der Waals surface area contributed by atoms with Crippen molar-refractivity contribution in [2.75, 3.05) is 19.8 Å². The van der Waals surface area contributed by atoms with Crippen LogP contribution in [0.2, 0.25) is 0 Å². The first-order chi connectivity index (χ1) is 9.76. The highest BCUT2D eigenvalue weighted by atomic mass is 16.5. The summed E-state index contributed by atoms with van der Waals surface area (Å²) in [5.41, 5.74) is 0.910. The van der Waals surface area contributed by atoms with Crippen LogP contribution < -0.4 is 14.8 Å². The molecule has 0 fully saturated rings. The van der Waals surface area contributed by atoms with Gasteiger partial charge in [0.15, 0.2) is 11.5 Å². The Kier molecular flexibility index (Phi) is 7.52. The molecule has 20 heavy (non-hydrogen) atoms. The Morgan fingerprint density at radius 1 is 1.15 bits per heavy atom. The first-order valence-electron chi connectivity index (χ1n) is 7.29. The van der Waals surface area contributed by atoms with E-state index in [1.54, 1.807) is 0 Å². The lowest BCUT2D eigenvalue weighted by Crippen LogP contribution is -2.20. The van der Waals surface area contributed by atoms with Crippen molar-refractivity contribution in [3.05, 3.63) is 23.8 Å². The van der Waals surface area contributed by atoms with Crippen molar-refractivity contribution >= 4 is 0 Å². The van der Waals surface area contributed by atoms with Gasteiger partial charge in [-0.2, -0.15) is 5.26 Å². The average molecular weight is 276 g/mol. The van der Waals surface area contributed by atoms with Crippen molar-refractivity contribution in [3.8, 4) is 17.6 Å². The standard InChI is InChI=1S/C16H24N2O2/c1-4-9-18-14(12-17)13-7-8-15(20-10-5-2)16(11-13)19-6-3/h7-8,11,14,18H,4-6,9-10H2,1-3H3. The Morgan fingerprint density at radius 2 is 1.95 bits per heavy atom. The van der Waals surface area contributed by atoms with Gasteiger partial charge in [0.1, 0.15) is 6.04 Å². The first kappa shape index (κ1) is 16.3. The van der Waals surface area contributed by atoms with Crippen molar-refractivity contribution in [1.82, 2.24) is 5.32 Å². The minimum absolute atomic E-state index is 0.311. The fraction of sp³-hybridized carbons (Fsp3) is 0.562. The molecule has 4 nitrogen and oxygen atoms in total. The quantitative estimate of drug-likeness (QED) is 0.750. The Balaban J connectivity index is 2.92. The van der Waals surface area contributed by atoms with E-state index in [4.69, 9.17) is 9.47 Å². The Morgan fingerprint density at radius 3 is 2.55 bits per heavy atom. The smallest absolute Gasteiger partial charge is 0.161 e. The Bertz CT molecular complexity index is 441. The molecular weight excluding hydrogens is 252 g/mol. The van der Waals surface area contributed by atoms with E-state index in [9.17, 15) is 5.26 Å². The third-order valence-corrected chi connectivity index (χ3v) is 2.79. The second-order valence-corrected chi connectivity index (χ2v) is 4.50. The molecule has 0 amide bonds. The molecule has 0 aliphatic rings. The minimum atomic E-state index is -0.311. The first-order valence-corrected chi connectivity index (χ1v) is 7.29. The van der Waals surface area contributed by atoms with Crippen molar-refractivity contribution in [2.45, 2.75) is 39.7 Å². The molecule has 0 saturated carbocycles. The van der Waals surface area contributed by atoms with Crippen molar-refractivity contribution in [3.63, 3.8) is 0 Å². The highest BCUT2D eigenvalue weighted by Crippen LogP contribution is 2.30. The molecule has 1 aromatic rings. The number of benzene rings is 1. The molecular formula is C16H24N2O2. The van der Waals surface area contributed by atoms with Gasteiger partial charge in [-0.1, -0.05) is 19.9 Å². The predicted octanol–water partition coefficient (Wildman–Crippen LogP) is 3.44. The maximum Gasteiger partial charge on any atom is 0.161 e. The summed E-state index contributed by atoms with van der Waals surface area (Å²) in [6.45, 7) is 8.13. The highest BCUT2D eigenvalue weighted by molar-refractivity contribution is 5.45. The van der Waals surface area contributed by atoms with Gasteiger partial charge in [-0.3, -0.25) is 5.32 Å². The van der Waals surface area contributed by atoms with E-state index in [0.717, 1.165) is 30.7 Å². The molecule has 1 N–H and O–H groups in total. The third kappa shape index (κ3) is 4.75. The maximum atomic E-state index is 9.25. The van der Waals surface area contributed by atoms with Crippen molar-refractivity contribution in [1.29, 1.82) is 5.26 Å². The van der Waals surface area contributed by atoms with Crippen LogP contribution in [0.15, 0.2) is 18.2 Å². The monoisotopic (exact) mass is 276 g/mol. The molecule has 0 aromatic heterocycles. The van der Waals surface area contributed by atoms with Crippen LogP contribution in [0.4, 0.5) is 0 Å². The molecule has 0 spiro atoms. The van der Waals surface area contributed by atoms with Gasteiger partial charge in [0.2, 0.25) is 0 Å². The summed E-state index contributed by atoms with van der Waals surface area (Å²) in [6.07, 6.45) is 1.94. The SMILES string of the molecule is CCCNC(C#N)c1ccc(OCCC)c(OCC)c1. The summed E-state index contributed by atoms with van der Waals surface area (Å²) in [7, 11) is 0. The van der Waals surface area contributed by atoms with Gasteiger partial charge in [-0.25, -0.2) is 0 Å². The zero-order valence-electron chi connectivity index (χ0n) is 12.6. The van der Waals surface area contributed by atoms with Gasteiger partial charge in [0.05, 0.1) is 19.3 Å². The van der Waals surface area contributed by atoms with E-state index >= 15 is 0 Å². The number of nitriles is 1. The third-order valence-electron chi connectivity index (χ3n) is 2.79. The Labute approximate surface area is 121 Å². The van der Waals surface area contributed by atoms with Gasteiger partial charge < -0.3 is 9.47 Å². The van der Waals surface area contributed by atoms with Crippen LogP contribution in [0.25, 0.3) is 0 Å². The summed E-state index contributed by atoms with van der Waals surface area (Å²) in [4.78, 5) is 0. The Hall–Kier alpha value is -1.73. The summed E-state index contributed by atoms with van der Waals surface area (Å²) < 4.78 is 11.3. The zero-order chi connectivity index (χ0) is 14.8. The molecule has 0 heterocycles. The van der Waals surface area contributed by atoms with Crippen LogP contribution in [-0.4, -0.2) is 19.8 Å². The largest absolute Gasteiger partial charge is 0.490 e. The number of rotatable bonds is 9. The predicted molar refractivity (Wildman–Crippen MR) is 80.0 cm³/mol.